The lowest BCUT2D eigenvalue weighted by Gasteiger charge is -2.17. The molecule has 1 aromatic heterocycles. The molecular formula is C11H19ClN4S. The molecule has 0 aliphatic carbocycles. The van der Waals surface area contributed by atoms with Crippen LogP contribution in [-0.2, 0) is 0 Å². The molecule has 0 spiro atoms. The van der Waals surface area contributed by atoms with Gasteiger partial charge in [-0.25, -0.2) is 4.98 Å². The largest absolute Gasteiger partial charge is 0.365 e. The first kappa shape index (κ1) is 14.4. The number of rotatable bonds is 7. The van der Waals surface area contributed by atoms with Crippen LogP contribution in [0.15, 0.2) is 6.20 Å². The van der Waals surface area contributed by atoms with Crippen molar-refractivity contribution in [1.29, 1.82) is 0 Å². The molecule has 96 valence electrons. The molecule has 0 fully saturated rings. The van der Waals surface area contributed by atoms with Crippen LogP contribution < -0.4 is 10.6 Å². The summed E-state index contributed by atoms with van der Waals surface area (Å²) in [5.41, 5.74) is 0. The van der Waals surface area contributed by atoms with Gasteiger partial charge in [0, 0.05) is 18.3 Å². The third-order valence-corrected chi connectivity index (χ3v) is 3.29. The van der Waals surface area contributed by atoms with Crippen molar-refractivity contribution in [3.8, 4) is 0 Å². The van der Waals surface area contributed by atoms with E-state index in [4.69, 9.17) is 11.6 Å². The average Bonchev–Trinajstić information content (AvgIpc) is 2.33. The molecule has 0 saturated heterocycles. The van der Waals surface area contributed by atoms with Gasteiger partial charge in [-0.2, -0.15) is 16.7 Å². The molecule has 1 rings (SSSR count). The van der Waals surface area contributed by atoms with E-state index in [-0.39, 0.29) is 0 Å². The third-order valence-electron chi connectivity index (χ3n) is 2.28. The van der Waals surface area contributed by atoms with Crippen molar-refractivity contribution in [2.75, 3.05) is 29.2 Å². The molecule has 0 aliphatic heterocycles. The highest BCUT2D eigenvalue weighted by Crippen LogP contribution is 2.21. The minimum absolute atomic E-state index is 0.381. The Kier molecular flexibility index (Phi) is 6.44. The highest BCUT2D eigenvalue weighted by Gasteiger charge is 2.10. The van der Waals surface area contributed by atoms with Gasteiger partial charge in [-0.3, -0.25) is 0 Å². The summed E-state index contributed by atoms with van der Waals surface area (Å²) >= 11 is 7.88. The van der Waals surface area contributed by atoms with Crippen molar-refractivity contribution < 1.29 is 0 Å². The van der Waals surface area contributed by atoms with Crippen LogP contribution >= 0.6 is 23.4 Å². The molecule has 1 atom stereocenters. The molecule has 0 saturated carbocycles. The van der Waals surface area contributed by atoms with Crippen molar-refractivity contribution in [1.82, 2.24) is 9.97 Å². The minimum atomic E-state index is 0.381. The predicted molar refractivity (Wildman–Crippen MR) is 77.3 cm³/mol. The molecule has 1 aromatic rings. The maximum absolute atomic E-state index is 6.08. The SMILES string of the molecule is CCNc1ncc(Cl)c(NC(CC)CSC)n1. The van der Waals surface area contributed by atoms with Gasteiger partial charge < -0.3 is 10.6 Å². The lowest BCUT2D eigenvalue weighted by Crippen LogP contribution is -2.22. The Hall–Kier alpha value is -0.680. The lowest BCUT2D eigenvalue weighted by atomic mass is 10.2. The molecule has 2 N–H and O–H groups in total. The van der Waals surface area contributed by atoms with Crippen molar-refractivity contribution >= 4 is 35.1 Å². The van der Waals surface area contributed by atoms with Crippen LogP contribution in [-0.4, -0.2) is 34.6 Å². The average molecular weight is 275 g/mol. The van der Waals surface area contributed by atoms with Gasteiger partial charge in [0.25, 0.3) is 0 Å². The van der Waals surface area contributed by atoms with Crippen LogP contribution in [0.5, 0.6) is 0 Å². The van der Waals surface area contributed by atoms with E-state index < -0.39 is 0 Å². The number of hydrogen-bond donors (Lipinski definition) is 2. The summed E-state index contributed by atoms with van der Waals surface area (Å²) in [5, 5.41) is 6.99. The molecule has 0 aromatic carbocycles. The van der Waals surface area contributed by atoms with Gasteiger partial charge in [-0.15, -0.1) is 0 Å². The molecule has 1 heterocycles. The number of nitrogens with zero attached hydrogens (tertiary/aromatic N) is 2. The molecule has 17 heavy (non-hydrogen) atoms. The second kappa shape index (κ2) is 7.61. The summed E-state index contributed by atoms with van der Waals surface area (Å²) in [6.45, 7) is 4.95. The molecule has 0 radical (unpaired) electrons. The van der Waals surface area contributed by atoms with Gasteiger partial charge in [0.15, 0.2) is 5.82 Å². The Morgan fingerprint density at radius 3 is 2.82 bits per heavy atom. The van der Waals surface area contributed by atoms with Gasteiger partial charge in [-0.1, -0.05) is 18.5 Å². The van der Waals surface area contributed by atoms with E-state index in [2.05, 4.69) is 33.8 Å². The van der Waals surface area contributed by atoms with Gasteiger partial charge >= 0.3 is 0 Å². The van der Waals surface area contributed by atoms with Crippen LogP contribution in [0.25, 0.3) is 0 Å². The number of halogens is 1. The van der Waals surface area contributed by atoms with Crippen LogP contribution in [0, 0.1) is 0 Å². The molecule has 0 amide bonds. The van der Waals surface area contributed by atoms with Gasteiger partial charge in [-0.05, 0) is 19.6 Å². The summed E-state index contributed by atoms with van der Waals surface area (Å²) in [6, 6.07) is 0.381. The summed E-state index contributed by atoms with van der Waals surface area (Å²) < 4.78 is 0. The first-order valence-electron chi connectivity index (χ1n) is 5.73. The van der Waals surface area contributed by atoms with E-state index in [1.807, 2.05) is 18.7 Å². The first-order valence-corrected chi connectivity index (χ1v) is 7.50. The summed E-state index contributed by atoms with van der Waals surface area (Å²) in [6.07, 6.45) is 4.76. The maximum atomic E-state index is 6.08. The Bertz CT molecular complexity index is 348. The number of aromatic nitrogens is 2. The second-order valence-corrected chi connectivity index (χ2v) is 4.94. The zero-order valence-electron chi connectivity index (χ0n) is 10.5. The summed E-state index contributed by atoms with van der Waals surface area (Å²) in [4.78, 5) is 8.47. The van der Waals surface area contributed by atoms with Gasteiger partial charge in [0.1, 0.15) is 5.02 Å². The fourth-order valence-electron chi connectivity index (χ4n) is 1.37. The topological polar surface area (TPSA) is 49.8 Å². The minimum Gasteiger partial charge on any atom is -0.365 e. The molecule has 6 heteroatoms. The van der Waals surface area contributed by atoms with E-state index in [1.54, 1.807) is 6.20 Å². The Balaban J connectivity index is 2.76. The molecule has 1 unspecified atom stereocenters. The van der Waals surface area contributed by atoms with E-state index in [9.17, 15) is 0 Å². The van der Waals surface area contributed by atoms with Crippen LogP contribution in [0.1, 0.15) is 20.3 Å². The lowest BCUT2D eigenvalue weighted by molar-refractivity contribution is 0.769. The van der Waals surface area contributed by atoms with Crippen molar-refractivity contribution in [3.05, 3.63) is 11.2 Å². The molecule has 4 nitrogen and oxygen atoms in total. The molecular weight excluding hydrogens is 256 g/mol. The number of thioether (sulfide) groups is 1. The normalized spacial score (nSPS) is 12.2. The number of nitrogens with one attached hydrogen (secondary N) is 2. The number of anilines is 2. The van der Waals surface area contributed by atoms with E-state index in [1.165, 1.54) is 0 Å². The van der Waals surface area contributed by atoms with Crippen molar-refractivity contribution in [2.24, 2.45) is 0 Å². The zero-order chi connectivity index (χ0) is 12.7. The fraction of sp³-hybridized carbons (Fsp3) is 0.636. The summed E-state index contributed by atoms with van der Waals surface area (Å²) in [7, 11) is 0. The monoisotopic (exact) mass is 274 g/mol. The van der Waals surface area contributed by atoms with Crippen LogP contribution in [0.2, 0.25) is 5.02 Å². The highest BCUT2D eigenvalue weighted by molar-refractivity contribution is 7.98. The number of hydrogen-bond acceptors (Lipinski definition) is 5. The Labute approximate surface area is 112 Å². The van der Waals surface area contributed by atoms with Gasteiger partial charge in [0.2, 0.25) is 5.95 Å². The van der Waals surface area contributed by atoms with E-state index >= 15 is 0 Å². The molecule has 0 bridgehead atoms. The van der Waals surface area contributed by atoms with Crippen LogP contribution in [0.4, 0.5) is 11.8 Å². The maximum Gasteiger partial charge on any atom is 0.224 e. The van der Waals surface area contributed by atoms with Crippen molar-refractivity contribution in [3.63, 3.8) is 0 Å². The molecule has 0 aliphatic rings. The highest BCUT2D eigenvalue weighted by atomic mass is 35.5. The predicted octanol–water partition coefficient (Wildman–Crippen LogP) is 3.12. The fourth-order valence-corrected chi connectivity index (χ4v) is 2.23. The quantitative estimate of drug-likeness (QED) is 0.800. The second-order valence-electron chi connectivity index (χ2n) is 3.63. The Morgan fingerprint density at radius 1 is 1.47 bits per heavy atom. The third kappa shape index (κ3) is 4.60. The van der Waals surface area contributed by atoms with Crippen molar-refractivity contribution in [2.45, 2.75) is 26.3 Å². The standard InChI is InChI=1S/C11H19ClN4S/c1-4-8(7-17-3)15-10-9(12)6-14-11(16-10)13-5-2/h6,8H,4-5,7H2,1-3H3,(H2,13,14,15,16). The Morgan fingerprint density at radius 2 is 2.24 bits per heavy atom. The van der Waals surface area contributed by atoms with E-state index in [0.29, 0.717) is 22.8 Å². The smallest absolute Gasteiger partial charge is 0.224 e. The van der Waals surface area contributed by atoms with E-state index in [0.717, 1.165) is 18.7 Å². The first-order chi connectivity index (χ1) is 8.21. The van der Waals surface area contributed by atoms with Gasteiger partial charge in [0.05, 0.1) is 6.20 Å². The summed E-state index contributed by atoms with van der Waals surface area (Å²) in [5.74, 6) is 2.35. The zero-order valence-corrected chi connectivity index (χ0v) is 12.0. The van der Waals surface area contributed by atoms with Crippen LogP contribution in [0.3, 0.4) is 0 Å².